The second kappa shape index (κ2) is 12.0. The van der Waals surface area contributed by atoms with E-state index in [0.717, 1.165) is 22.2 Å². The normalized spacial score (nSPS) is 11.8. The summed E-state index contributed by atoms with van der Waals surface area (Å²) in [6.07, 6.45) is 0. The van der Waals surface area contributed by atoms with Crippen LogP contribution in [0.25, 0.3) is 16.5 Å². The van der Waals surface area contributed by atoms with E-state index in [4.69, 9.17) is 9.47 Å². The third-order valence-corrected chi connectivity index (χ3v) is 7.40. The maximum absolute atomic E-state index is 11.7. The Labute approximate surface area is 230 Å². The van der Waals surface area contributed by atoms with E-state index in [1.165, 1.54) is 17.1 Å². The number of hydrogen-bond donors (Lipinski definition) is 0. The SMILES string of the molecule is CCOc1cc([C@@H](C[N+](=O)[O-])Sc2nnc(C)n2-c2ccccc2)ccc1OCc1ccc2ccccc2c1. The van der Waals surface area contributed by atoms with E-state index in [2.05, 4.69) is 34.5 Å². The van der Waals surface area contributed by atoms with Gasteiger partial charge in [-0.1, -0.05) is 72.4 Å². The second-order valence-electron chi connectivity index (χ2n) is 8.93. The molecule has 0 saturated heterocycles. The van der Waals surface area contributed by atoms with Crippen molar-refractivity contribution in [1.29, 1.82) is 0 Å². The Morgan fingerprint density at radius 3 is 2.44 bits per heavy atom. The van der Waals surface area contributed by atoms with Crippen molar-refractivity contribution in [3.8, 4) is 17.2 Å². The number of nitrogens with zero attached hydrogens (tertiary/aromatic N) is 4. The molecule has 0 unspecified atom stereocenters. The molecule has 0 aliphatic carbocycles. The number of ether oxygens (including phenoxy) is 2. The highest BCUT2D eigenvalue weighted by Crippen LogP contribution is 2.39. The summed E-state index contributed by atoms with van der Waals surface area (Å²) in [6, 6.07) is 29.6. The minimum absolute atomic E-state index is 0.284. The zero-order valence-corrected chi connectivity index (χ0v) is 22.5. The minimum Gasteiger partial charge on any atom is -0.490 e. The van der Waals surface area contributed by atoms with Gasteiger partial charge in [-0.2, -0.15) is 0 Å². The van der Waals surface area contributed by atoms with E-state index < -0.39 is 5.25 Å². The maximum Gasteiger partial charge on any atom is 0.220 e. The monoisotopic (exact) mass is 540 g/mol. The Balaban J connectivity index is 1.40. The summed E-state index contributed by atoms with van der Waals surface area (Å²) >= 11 is 1.31. The van der Waals surface area contributed by atoms with Crippen LogP contribution in [0, 0.1) is 17.0 Å². The van der Waals surface area contributed by atoms with Gasteiger partial charge in [-0.15, -0.1) is 10.2 Å². The lowest BCUT2D eigenvalue weighted by Gasteiger charge is -2.17. The van der Waals surface area contributed by atoms with E-state index >= 15 is 0 Å². The Kier molecular flexibility index (Phi) is 8.07. The van der Waals surface area contributed by atoms with E-state index in [9.17, 15) is 10.1 Å². The lowest BCUT2D eigenvalue weighted by atomic mass is 10.1. The van der Waals surface area contributed by atoms with Gasteiger partial charge in [0, 0.05) is 10.6 Å². The topological polar surface area (TPSA) is 92.3 Å². The van der Waals surface area contributed by atoms with Crippen LogP contribution in [0.2, 0.25) is 0 Å². The highest BCUT2D eigenvalue weighted by molar-refractivity contribution is 7.99. The first kappa shape index (κ1) is 26.2. The molecule has 1 atom stereocenters. The average Bonchev–Trinajstić information content (AvgIpc) is 3.31. The van der Waals surface area contributed by atoms with Crippen molar-refractivity contribution in [3.05, 3.63) is 118 Å². The van der Waals surface area contributed by atoms with Gasteiger partial charge in [-0.25, -0.2) is 0 Å². The average molecular weight is 541 g/mol. The summed E-state index contributed by atoms with van der Waals surface area (Å²) in [7, 11) is 0. The number of para-hydroxylation sites is 1. The fraction of sp³-hybridized carbons (Fsp3) is 0.200. The van der Waals surface area contributed by atoms with Gasteiger partial charge in [0.2, 0.25) is 6.54 Å². The number of rotatable bonds is 11. The molecule has 5 rings (SSSR count). The molecule has 198 valence electrons. The van der Waals surface area contributed by atoms with Crippen molar-refractivity contribution in [2.75, 3.05) is 13.2 Å². The smallest absolute Gasteiger partial charge is 0.220 e. The summed E-state index contributed by atoms with van der Waals surface area (Å²) in [5, 5.41) is 22.6. The first-order chi connectivity index (χ1) is 19.0. The molecule has 0 spiro atoms. The van der Waals surface area contributed by atoms with Crippen LogP contribution in [0.15, 0.2) is 96.2 Å². The van der Waals surface area contributed by atoms with Crippen LogP contribution < -0.4 is 9.47 Å². The van der Waals surface area contributed by atoms with Gasteiger partial charge >= 0.3 is 0 Å². The number of benzene rings is 4. The van der Waals surface area contributed by atoms with Crippen molar-refractivity contribution in [2.24, 2.45) is 0 Å². The van der Waals surface area contributed by atoms with Crippen molar-refractivity contribution in [2.45, 2.75) is 30.9 Å². The van der Waals surface area contributed by atoms with Gasteiger partial charge in [-0.05, 0) is 66.1 Å². The minimum atomic E-state index is -0.514. The maximum atomic E-state index is 11.7. The molecule has 8 nitrogen and oxygen atoms in total. The van der Waals surface area contributed by atoms with Crippen LogP contribution in [0.4, 0.5) is 0 Å². The van der Waals surface area contributed by atoms with Crippen LogP contribution in [0.3, 0.4) is 0 Å². The Morgan fingerprint density at radius 1 is 0.897 bits per heavy atom. The predicted octanol–water partition coefficient (Wildman–Crippen LogP) is 6.82. The molecule has 0 radical (unpaired) electrons. The van der Waals surface area contributed by atoms with Gasteiger partial charge in [0.25, 0.3) is 0 Å². The molecule has 0 saturated carbocycles. The molecule has 1 heterocycles. The zero-order valence-electron chi connectivity index (χ0n) is 21.7. The van der Waals surface area contributed by atoms with Gasteiger partial charge in [0.15, 0.2) is 16.7 Å². The van der Waals surface area contributed by atoms with E-state index in [1.54, 1.807) is 0 Å². The number of hydrogen-bond acceptors (Lipinski definition) is 7. The molecule has 5 aromatic rings. The molecule has 0 aliphatic rings. The fourth-order valence-electron chi connectivity index (χ4n) is 4.37. The van der Waals surface area contributed by atoms with E-state index in [-0.39, 0.29) is 11.5 Å². The molecular weight excluding hydrogens is 512 g/mol. The predicted molar refractivity (Wildman–Crippen MR) is 152 cm³/mol. The zero-order chi connectivity index (χ0) is 27.2. The number of nitro groups is 1. The number of fused-ring (bicyclic) bond motifs is 1. The first-order valence-corrected chi connectivity index (χ1v) is 13.5. The van der Waals surface area contributed by atoms with Gasteiger partial charge in [0.05, 0.1) is 6.61 Å². The van der Waals surface area contributed by atoms with Crippen LogP contribution in [0.1, 0.15) is 29.1 Å². The van der Waals surface area contributed by atoms with Gasteiger partial charge in [0.1, 0.15) is 17.7 Å². The Morgan fingerprint density at radius 2 is 1.67 bits per heavy atom. The molecule has 0 aliphatic heterocycles. The largest absolute Gasteiger partial charge is 0.490 e. The standard InChI is InChI=1S/C30H28N4O4S/c1-3-37-28-18-25(15-16-27(28)38-20-22-13-14-23-9-7-8-10-24(23)17-22)29(19-33(35)36)39-30-32-31-21(2)34(30)26-11-5-4-6-12-26/h4-18,29H,3,19-20H2,1-2H3/t29-/m1/s1. The molecule has 0 amide bonds. The van der Waals surface area contributed by atoms with Crippen molar-refractivity contribution in [3.63, 3.8) is 0 Å². The molecule has 0 fully saturated rings. The lowest BCUT2D eigenvalue weighted by molar-refractivity contribution is -0.479. The third-order valence-electron chi connectivity index (χ3n) is 6.22. The van der Waals surface area contributed by atoms with Crippen LogP contribution in [0.5, 0.6) is 11.5 Å². The summed E-state index contributed by atoms with van der Waals surface area (Å²) in [5.41, 5.74) is 2.69. The lowest BCUT2D eigenvalue weighted by Crippen LogP contribution is -2.11. The third kappa shape index (κ3) is 6.21. The van der Waals surface area contributed by atoms with Crippen LogP contribution in [-0.4, -0.2) is 32.8 Å². The summed E-state index contributed by atoms with van der Waals surface area (Å²) < 4.78 is 14.0. The molecule has 0 N–H and O–H groups in total. The van der Waals surface area contributed by atoms with Gasteiger partial charge < -0.3 is 9.47 Å². The summed E-state index contributed by atoms with van der Waals surface area (Å²) in [6.45, 7) is 4.28. The number of thioether (sulfide) groups is 1. The molecule has 1 aromatic heterocycles. The van der Waals surface area contributed by atoms with Crippen LogP contribution in [-0.2, 0) is 6.61 Å². The Bertz CT molecular complexity index is 1590. The number of aryl methyl sites for hydroxylation is 1. The first-order valence-electron chi connectivity index (χ1n) is 12.6. The van der Waals surface area contributed by atoms with Crippen molar-refractivity contribution >= 4 is 22.5 Å². The summed E-state index contributed by atoms with van der Waals surface area (Å²) in [5.74, 6) is 1.84. The molecule has 4 aromatic carbocycles. The quantitative estimate of drug-likeness (QED) is 0.103. The highest BCUT2D eigenvalue weighted by Gasteiger charge is 2.25. The van der Waals surface area contributed by atoms with E-state index in [1.807, 2.05) is 85.1 Å². The summed E-state index contributed by atoms with van der Waals surface area (Å²) in [4.78, 5) is 11.3. The van der Waals surface area contributed by atoms with E-state index in [0.29, 0.717) is 35.7 Å². The molecule has 39 heavy (non-hydrogen) atoms. The van der Waals surface area contributed by atoms with Gasteiger partial charge in [-0.3, -0.25) is 14.7 Å². The molecule has 9 heteroatoms. The molecule has 0 bridgehead atoms. The van der Waals surface area contributed by atoms with Crippen LogP contribution >= 0.6 is 11.8 Å². The highest BCUT2D eigenvalue weighted by atomic mass is 32.2. The Hall–Kier alpha value is -4.37. The number of aromatic nitrogens is 3. The molecular formula is C30H28N4O4S. The van der Waals surface area contributed by atoms with Crippen molar-refractivity contribution < 1.29 is 14.4 Å². The van der Waals surface area contributed by atoms with Crippen molar-refractivity contribution in [1.82, 2.24) is 14.8 Å². The second-order valence-corrected chi connectivity index (χ2v) is 10.1. The fourth-order valence-corrected chi connectivity index (χ4v) is 5.53.